The molecule has 0 rings (SSSR count). The lowest BCUT2D eigenvalue weighted by atomic mass is 10.0. The fourth-order valence-electron chi connectivity index (χ4n) is 5.62. The van der Waals surface area contributed by atoms with Crippen LogP contribution in [-0.2, 0) is 32.7 Å². The first-order valence-electron chi connectivity index (χ1n) is 20.0. The van der Waals surface area contributed by atoms with Gasteiger partial charge in [-0.25, -0.2) is 4.57 Å². The number of phosphoric ester groups is 1. The molecule has 0 aliphatic heterocycles. The highest BCUT2D eigenvalue weighted by Crippen LogP contribution is 2.43. The van der Waals surface area contributed by atoms with Gasteiger partial charge in [-0.15, -0.1) is 0 Å². The van der Waals surface area contributed by atoms with Crippen LogP contribution in [0.4, 0.5) is 0 Å². The second kappa shape index (κ2) is 35.6. The normalized spacial score (nSPS) is 13.5. The van der Waals surface area contributed by atoms with E-state index in [-0.39, 0.29) is 25.6 Å². The molecule has 0 aromatic heterocycles. The molecule has 8 nitrogen and oxygen atoms in total. The summed E-state index contributed by atoms with van der Waals surface area (Å²) in [5, 5.41) is 0. The molecule has 0 spiro atoms. The van der Waals surface area contributed by atoms with E-state index in [1.54, 1.807) is 6.92 Å². The summed E-state index contributed by atoms with van der Waals surface area (Å²) >= 11 is 0. The standard InChI is InChI=1S/C39H75O8P/c1-4-7-9-11-13-15-17-19-20-22-24-26-28-30-32-34-39(41)47-37(36-46-48(42,43)45-6-3)35-44-38(40)33-31-29-27-25-23-21-18-16-14-12-10-8-5-2/h19-20,37H,4-18,21-36H2,1-3H3,(H,42,43)/b20-19-/t37-/m1/s1. The van der Waals surface area contributed by atoms with Crippen LogP contribution in [-0.4, -0.2) is 42.8 Å². The Bertz CT molecular complexity index is 803. The summed E-state index contributed by atoms with van der Waals surface area (Å²) in [5.74, 6) is -0.800. The molecule has 0 fully saturated rings. The number of carbonyl (C=O) groups is 2. The fourth-order valence-corrected chi connectivity index (χ4v) is 6.38. The Balaban J connectivity index is 4.12. The van der Waals surface area contributed by atoms with Crippen molar-refractivity contribution in [1.29, 1.82) is 0 Å². The minimum Gasteiger partial charge on any atom is -0.462 e. The lowest BCUT2D eigenvalue weighted by Gasteiger charge is -2.19. The minimum atomic E-state index is -4.27. The quantitative estimate of drug-likeness (QED) is 0.0295. The monoisotopic (exact) mass is 703 g/mol. The Morgan fingerprint density at radius 1 is 0.542 bits per heavy atom. The summed E-state index contributed by atoms with van der Waals surface area (Å²) in [6.07, 6.45) is 35.4. The number of hydrogen-bond acceptors (Lipinski definition) is 7. The van der Waals surface area contributed by atoms with E-state index < -0.39 is 26.5 Å². The van der Waals surface area contributed by atoms with Crippen LogP contribution in [0.15, 0.2) is 12.2 Å². The largest absolute Gasteiger partial charge is 0.472 e. The van der Waals surface area contributed by atoms with Crippen LogP contribution in [0.25, 0.3) is 0 Å². The van der Waals surface area contributed by atoms with Crippen LogP contribution < -0.4 is 0 Å². The van der Waals surface area contributed by atoms with Gasteiger partial charge in [0.15, 0.2) is 6.10 Å². The van der Waals surface area contributed by atoms with Gasteiger partial charge in [0, 0.05) is 12.8 Å². The van der Waals surface area contributed by atoms with E-state index >= 15 is 0 Å². The van der Waals surface area contributed by atoms with Crippen molar-refractivity contribution in [3.8, 4) is 0 Å². The highest BCUT2D eigenvalue weighted by atomic mass is 31.2. The second-order valence-electron chi connectivity index (χ2n) is 13.3. The predicted octanol–water partition coefficient (Wildman–Crippen LogP) is 12.1. The first-order valence-corrected chi connectivity index (χ1v) is 21.5. The molecule has 0 aliphatic rings. The van der Waals surface area contributed by atoms with Crippen LogP contribution in [0, 0.1) is 0 Å². The molecular formula is C39H75O8P. The third-order valence-corrected chi connectivity index (χ3v) is 9.63. The van der Waals surface area contributed by atoms with Crippen molar-refractivity contribution in [2.75, 3.05) is 19.8 Å². The molecule has 9 heteroatoms. The van der Waals surface area contributed by atoms with Crippen molar-refractivity contribution in [2.45, 2.75) is 207 Å². The first kappa shape index (κ1) is 46.8. The molecule has 284 valence electrons. The zero-order valence-corrected chi connectivity index (χ0v) is 32.3. The fraction of sp³-hybridized carbons (Fsp3) is 0.897. The molecule has 1 unspecified atom stereocenters. The Morgan fingerprint density at radius 3 is 1.38 bits per heavy atom. The number of esters is 2. The van der Waals surface area contributed by atoms with Crippen molar-refractivity contribution < 1.29 is 37.6 Å². The molecule has 0 radical (unpaired) electrons. The van der Waals surface area contributed by atoms with Crippen LogP contribution >= 0.6 is 7.82 Å². The van der Waals surface area contributed by atoms with Crippen LogP contribution in [0.3, 0.4) is 0 Å². The number of hydrogen-bond donors (Lipinski definition) is 1. The van der Waals surface area contributed by atoms with Gasteiger partial charge in [-0.1, -0.05) is 154 Å². The van der Waals surface area contributed by atoms with Gasteiger partial charge in [0.2, 0.25) is 0 Å². The van der Waals surface area contributed by atoms with Crippen molar-refractivity contribution in [3.05, 3.63) is 12.2 Å². The molecule has 0 heterocycles. The molecule has 0 bridgehead atoms. The Kier molecular flexibility index (Phi) is 34.7. The average molecular weight is 703 g/mol. The lowest BCUT2D eigenvalue weighted by molar-refractivity contribution is -0.161. The third-order valence-electron chi connectivity index (χ3n) is 8.57. The zero-order valence-electron chi connectivity index (χ0n) is 31.4. The molecule has 0 aromatic rings. The van der Waals surface area contributed by atoms with Gasteiger partial charge in [-0.05, 0) is 45.4 Å². The number of rotatable bonds is 37. The number of carbonyl (C=O) groups excluding carboxylic acids is 2. The van der Waals surface area contributed by atoms with Crippen molar-refractivity contribution in [2.24, 2.45) is 0 Å². The van der Waals surface area contributed by atoms with Crippen LogP contribution in [0.1, 0.15) is 201 Å². The summed E-state index contributed by atoms with van der Waals surface area (Å²) in [6, 6.07) is 0. The molecule has 48 heavy (non-hydrogen) atoms. The van der Waals surface area contributed by atoms with Gasteiger partial charge in [0.05, 0.1) is 13.2 Å². The highest BCUT2D eigenvalue weighted by Gasteiger charge is 2.25. The second-order valence-corrected chi connectivity index (χ2v) is 14.8. The highest BCUT2D eigenvalue weighted by molar-refractivity contribution is 7.47. The third kappa shape index (κ3) is 34.6. The zero-order chi connectivity index (χ0) is 35.4. The molecule has 0 aromatic carbocycles. The van der Waals surface area contributed by atoms with Gasteiger partial charge in [0.25, 0.3) is 0 Å². The maximum Gasteiger partial charge on any atom is 0.472 e. The van der Waals surface area contributed by atoms with Crippen molar-refractivity contribution in [1.82, 2.24) is 0 Å². The van der Waals surface area contributed by atoms with E-state index in [4.69, 9.17) is 18.5 Å². The lowest BCUT2D eigenvalue weighted by Crippen LogP contribution is -2.29. The number of allylic oxidation sites excluding steroid dienone is 2. The minimum absolute atomic E-state index is 0.00181. The van der Waals surface area contributed by atoms with Gasteiger partial charge in [0.1, 0.15) is 6.61 Å². The molecule has 0 saturated heterocycles. The van der Waals surface area contributed by atoms with Crippen LogP contribution in [0.2, 0.25) is 0 Å². The number of ether oxygens (including phenoxy) is 2. The van der Waals surface area contributed by atoms with Gasteiger partial charge >= 0.3 is 19.8 Å². The number of unbranched alkanes of at least 4 members (excludes halogenated alkanes) is 23. The summed E-state index contributed by atoms with van der Waals surface area (Å²) in [6.45, 7) is 5.47. The summed E-state index contributed by atoms with van der Waals surface area (Å²) in [5.41, 5.74) is 0. The van der Waals surface area contributed by atoms with E-state index in [0.29, 0.717) is 12.8 Å². The summed E-state index contributed by atoms with van der Waals surface area (Å²) in [4.78, 5) is 34.6. The first-order chi connectivity index (χ1) is 23.3. The molecule has 0 amide bonds. The van der Waals surface area contributed by atoms with E-state index in [2.05, 4.69) is 26.0 Å². The van der Waals surface area contributed by atoms with Crippen molar-refractivity contribution >= 4 is 19.8 Å². The van der Waals surface area contributed by atoms with Crippen molar-refractivity contribution in [3.63, 3.8) is 0 Å². The Labute approximate surface area is 295 Å². The molecule has 0 saturated carbocycles. The Hall–Kier alpha value is -1.21. The molecule has 2 atom stereocenters. The Morgan fingerprint density at radius 2 is 0.938 bits per heavy atom. The summed E-state index contributed by atoms with van der Waals surface area (Å²) < 4.78 is 32.5. The SMILES string of the molecule is CCCCCCCC/C=C\CCCCCCCC(=O)O[C@H](COC(=O)CCCCCCCCCCCCCCC)COP(=O)(O)OCC. The summed E-state index contributed by atoms with van der Waals surface area (Å²) in [7, 11) is -4.27. The van der Waals surface area contributed by atoms with E-state index in [1.807, 2.05) is 0 Å². The van der Waals surface area contributed by atoms with E-state index in [1.165, 1.54) is 109 Å². The van der Waals surface area contributed by atoms with Gasteiger partial charge < -0.3 is 14.4 Å². The molecular weight excluding hydrogens is 627 g/mol. The van der Waals surface area contributed by atoms with Gasteiger partial charge in [-0.2, -0.15) is 0 Å². The predicted molar refractivity (Wildman–Crippen MR) is 198 cm³/mol. The molecule has 1 N–H and O–H groups in total. The van der Waals surface area contributed by atoms with E-state index in [0.717, 1.165) is 51.4 Å². The average Bonchev–Trinajstić information content (AvgIpc) is 3.06. The topological polar surface area (TPSA) is 108 Å². The number of phosphoric acid groups is 1. The maximum absolute atomic E-state index is 12.5. The smallest absolute Gasteiger partial charge is 0.462 e. The molecule has 0 aliphatic carbocycles. The van der Waals surface area contributed by atoms with Gasteiger partial charge in [-0.3, -0.25) is 18.6 Å². The van der Waals surface area contributed by atoms with Crippen LogP contribution in [0.5, 0.6) is 0 Å². The van der Waals surface area contributed by atoms with E-state index in [9.17, 15) is 19.0 Å². The maximum atomic E-state index is 12.5.